The lowest BCUT2D eigenvalue weighted by Crippen LogP contribution is -2.44. The summed E-state index contributed by atoms with van der Waals surface area (Å²) in [5.41, 5.74) is 2.72. The first kappa shape index (κ1) is 28.0. The van der Waals surface area contributed by atoms with Crippen molar-refractivity contribution in [3.05, 3.63) is 47.1 Å². The zero-order valence-electron chi connectivity index (χ0n) is 23.0. The van der Waals surface area contributed by atoms with Gasteiger partial charge in [0.2, 0.25) is 0 Å². The van der Waals surface area contributed by atoms with Crippen LogP contribution >= 0.6 is 11.3 Å². The summed E-state index contributed by atoms with van der Waals surface area (Å²) in [7, 11) is 4.01. The molecule has 2 amide bonds. The van der Waals surface area contributed by atoms with E-state index in [2.05, 4.69) is 58.8 Å². The second kappa shape index (κ2) is 13.2. The first-order valence-electron chi connectivity index (χ1n) is 13.7. The number of aryl methyl sites for hydroxylation is 1. The Balaban J connectivity index is 0.000000185. The Morgan fingerprint density at radius 1 is 1.13 bits per heavy atom. The average molecular weight is 537 g/mol. The highest BCUT2D eigenvalue weighted by atomic mass is 32.1. The van der Waals surface area contributed by atoms with Crippen LogP contribution in [0.3, 0.4) is 0 Å². The number of rotatable bonds is 4. The van der Waals surface area contributed by atoms with Gasteiger partial charge in [-0.15, -0.1) is 11.3 Å². The minimum Gasteiger partial charge on any atom is -0.373 e. The maximum atomic E-state index is 12.2. The topological polar surface area (TPSA) is 90.5 Å². The Hall–Kier alpha value is -3.04. The van der Waals surface area contributed by atoms with Crippen LogP contribution in [0, 0.1) is 5.92 Å². The summed E-state index contributed by atoms with van der Waals surface area (Å²) >= 11 is 1.88. The van der Waals surface area contributed by atoms with Gasteiger partial charge in [0.1, 0.15) is 5.82 Å². The van der Waals surface area contributed by atoms with Gasteiger partial charge in [0.25, 0.3) is 0 Å². The van der Waals surface area contributed by atoms with Crippen LogP contribution in [0.25, 0.3) is 10.2 Å². The number of aromatic nitrogens is 2. The van der Waals surface area contributed by atoms with Gasteiger partial charge in [0, 0.05) is 26.1 Å². The fourth-order valence-corrected chi connectivity index (χ4v) is 6.23. The largest absolute Gasteiger partial charge is 0.373 e. The van der Waals surface area contributed by atoms with Crippen molar-refractivity contribution in [3.8, 4) is 0 Å². The molecule has 1 unspecified atom stereocenters. The Kier molecular flexibility index (Phi) is 9.69. The van der Waals surface area contributed by atoms with Crippen LogP contribution in [0.1, 0.15) is 56.0 Å². The molecule has 0 radical (unpaired) electrons. The number of para-hydroxylation sites is 1. The lowest BCUT2D eigenvalue weighted by molar-refractivity contribution is -0.144. The number of benzene rings is 1. The molecule has 0 saturated carbocycles. The van der Waals surface area contributed by atoms with Crippen LogP contribution in [0.4, 0.5) is 11.5 Å². The van der Waals surface area contributed by atoms with Gasteiger partial charge in [-0.1, -0.05) is 26.0 Å². The summed E-state index contributed by atoms with van der Waals surface area (Å²) in [6, 6.07) is 10.3. The van der Waals surface area contributed by atoms with Gasteiger partial charge in [0.05, 0.1) is 27.1 Å². The summed E-state index contributed by atoms with van der Waals surface area (Å²) in [5, 5.41) is 7.01. The number of piperidine rings is 2. The van der Waals surface area contributed by atoms with Gasteiger partial charge in [-0.2, -0.15) is 0 Å². The van der Waals surface area contributed by atoms with E-state index >= 15 is 0 Å². The van der Waals surface area contributed by atoms with E-state index < -0.39 is 11.8 Å². The zero-order chi connectivity index (χ0) is 27.1. The van der Waals surface area contributed by atoms with E-state index in [0.717, 1.165) is 30.6 Å². The molecule has 8 nitrogen and oxygen atoms in total. The second-order valence-electron chi connectivity index (χ2n) is 10.4. The summed E-state index contributed by atoms with van der Waals surface area (Å²) in [5.74, 6) is 0.886. The zero-order valence-corrected chi connectivity index (χ0v) is 23.8. The first-order chi connectivity index (χ1) is 18.4. The van der Waals surface area contributed by atoms with Crippen molar-refractivity contribution in [1.82, 2.24) is 19.8 Å². The van der Waals surface area contributed by atoms with Crippen molar-refractivity contribution in [2.75, 3.05) is 50.9 Å². The smallest absolute Gasteiger partial charge is 0.313 e. The molecule has 1 atom stereocenters. The number of pyridine rings is 1. The lowest BCUT2D eigenvalue weighted by atomic mass is 9.98. The molecule has 2 saturated heterocycles. The number of likely N-dealkylation sites (tertiary alicyclic amines) is 2. The number of anilines is 2. The lowest BCUT2D eigenvalue weighted by Gasteiger charge is -2.30. The molecule has 2 aromatic heterocycles. The van der Waals surface area contributed by atoms with Crippen LogP contribution in [-0.4, -0.2) is 71.9 Å². The summed E-state index contributed by atoms with van der Waals surface area (Å²) < 4.78 is 1.33. The highest BCUT2D eigenvalue weighted by Gasteiger charge is 2.26. The number of hydrogen-bond acceptors (Lipinski definition) is 7. The Morgan fingerprint density at radius 2 is 1.89 bits per heavy atom. The number of fused-ring (bicyclic) bond motifs is 1. The standard InChI is InChI=1S/C16H24N4O2.C13H16N2S/c1-4-12-8-13(9-18-14(12)17-3)19-15(21)16(22)20-7-5-6-11(2)10-20;1-15-8-6-10(7-9-15)13-14-11-4-2-3-5-12(11)16-13/h8-9,11H,4-7,10H2,1-3H3,(H,17,18)(H,19,21);2-5,10H,6-9H2,1H3. The number of thiazole rings is 1. The fraction of sp³-hybridized carbons (Fsp3) is 0.517. The summed E-state index contributed by atoms with van der Waals surface area (Å²) in [4.78, 5) is 37.4. The van der Waals surface area contributed by atoms with Crippen molar-refractivity contribution in [2.24, 2.45) is 5.92 Å². The second-order valence-corrected chi connectivity index (χ2v) is 11.4. The Labute approximate surface area is 229 Å². The first-order valence-corrected chi connectivity index (χ1v) is 14.5. The highest BCUT2D eigenvalue weighted by Crippen LogP contribution is 2.33. The maximum absolute atomic E-state index is 12.2. The average Bonchev–Trinajstić information content (AvgIpc) is 3.37. The van der Waals surface area contributed by atoms with Crippen LogP contribution in [0.5, 0.6) is 0 Å². The molecular formula is C29H40N6O2S. The molecule has 0 spiro atoms. The van der Waals surface area contributed by atoms with E-state index in [1.807, 2.05) is 24.3 Å². The van der Waals surface area contributed by atoms with Crippen molar-refractivity contribution in [3.63, 3.8) is 0 Å². The summed E-state index contributed by atoms with van der Waals surface area (Å²) in [6.45, 7) is 7.85. The van der Waals surface area contributed by atoms with Gasteiger partial charge in [-0.3, -0.25) is 9.59 Å². The van der Waals surface area contributed by atoms with Gasteiger partial charge >= 0.3 is 11.8 Å². The molecule has 3 aromatic rings. The predicted molar refractivity (Wildman–Crippen MR) is 156 cm³/mol. The third-order valence-electron chi connectivity index (χ3n) is 7.36. The molecule has 5 rings (SSSR count). The van der Waals surface area contributed by atoms with Crippen LogP contribution in [0.2, 0.25) is 0 Å². The number of hydrogen-bond donors (Lipinski definition) is 2. The SMILES string of the molecule is CCc1cc(NC(=O)C(=O)N2CCCC(C)C2)cnc1NC.CN1CCC(c2nc3ccccc3s2)CC1. The van der Waals surface area contributed by atoms with Crippen LogP contribution in [-0.2, 0) is 16.0 Å². The van der Waals surface area contributed by atoms with Crippen LogP contribution in [0.15, 0.2) is 36.5 Å². The molecule has 0 bridgehead atoms. The van der Waals surface area contributed by atoms with Crippen molar-refractivity contribution in [2.45, 2.75) is 51.9 Å². The van der Waals surface area contributed by atoms with Gasteiger partial charge < -0.3 is 20.4 Å². The van der Waals surface area contributed by atoms with E-state index in [-0.39, 0.29) is 0 Å². The van der Waals surface area contributed by atoms with Crippen molar-refractivity contribution in [1.29, 1.82) is 0 Å². The molecule has 1 aromatic carbocycles. The molecule has 9 heteroatoms. The molecule has 2 aliphatic rings. The van der Waals surface area contributed by atoms with E-state index in [1.54, 1.807) is 18.1 Å². The van der Waals surface area contributed by atoms with Gasteiger partial charge in [0.15, 0.2) is 0 Å². The van der Waals surface area contributed by atoms with E-state index in [1.165, 1.54) is 41.2 Å². The van der Waals surface area contributed by atoms with E-state index in [0.29, 0.717) is 30.6 Å². The number of amides is 2. The van der Waals surface area contributed by atoms with E-state index in [4.69, 9.17) is 4.98 Å². The number of nitrogens with one attached hydrogen (secondary N) is 2. The van der Waals surface area contributed by atoms with Crippen molar-refractivity contribution < 1.29 is 9.59 Å². The molecule has 2 N–H and O–H groups in total. The Morgan fingerprint density at radius 3 is 2.58 bits per heavy atom. The minimum atomic E-state index is -0.588. The molecule has 4 heterocycles. The highest BCUT2D eigenvalue weighted by molar-refractivity contribution is 7.18. The molecule has 0 aliphatic carbocycles. The molecule has 38 heavy (non-hydrogen) atoms. The fourth-order valence-electron chi connectivity index (χ4n) is 5.10. The summed E-state index contributed by atoms with van der Waals surface area (Å²) in [6.07, 6.45) is 6.95. The maximum Gasteiger partial charge on any atom is 0.313 e. The van der Waals surface area contributed by atoms with Gasteiger partial charge in [-0.05, 0) is 81.9 Å². The molecule has 204 valence electrons. The minimum absolute atomic E-state index is 0.453. The molecule has 2 fully saturated rings. The van der Waals surface area contributed by atoms with Crippen molar-refractivity contribution >= 4 is 44.9 Å². The van der Waals surface area contributed by atoms with Crippen LogP contribution < -0.4 is 10.6 Å². The third kappa shape index (κ3) is 7.08. The van der Waals surface area contributed by atoms with Gasteiger partial charge in [-0.25, -0.2) is 9.97 Å². The molecule has 2 aliphatic heterocycles. The number of nitrogens with zero attached hydrogens (tertiary/aromatic N) is 4. The molecular weight excluding hydrogens is 496 g/mol. The third-order valence-corrected chi connectivity index (χ3v) is 8.56. The quantitative estimate of drug-likeness (QED) is 0.457. The number of carbonyl (C=O) groups excluding carboxylic acids is 2. The normalized spacial score (nSPS) is 18.5. The van der Waals surface area contributed by atoms with E-state index in [9.17, 15) is 9.59 Å². The Bertz CT molecular complexity index is 1200. The number of carbonyl (C=O) groups is 2. The predicted octanol–water partition coefficient (Wildman–Crippen LogP) is 4.99. The monoisotopic (exact) mass is 536 g/mol.